The lowest BCUT2D eigenvalue weighted by molar-refractivity contribution is 0.919. The summed E-state index contributed by atoms with van der Waals surface area (Å²) in [7, 11) is 0. The van der Waals surface area contributed by atoms with Crippen LogP contribution >= 0.6 is 0 Å². The fraction of sp³-hybridized carbons (Fsp3) is 0.500. The lowest BCUT2D eigenvalue weighted by atomic mass is 9.95. The van der Waals surface area contributed by atoms with E-state index in [2.05, 4.69) is 39.8 Å². The molecule has 0 aliphatic heterocycles. The van der Waals surface area contributed by atoms with Crippen molar-refractivity contribution in [1.29, 1.82) is 0 Å². The largest absolute Gasteiger partial charge is 0.0772 e. The lowest BCUT2D eigenvalue weighted by Gasteiger charge is -2.10. The Hall–Kier alpha value is -1.04. The Morgan fingerprint density at radius 1 is 0.750 bits per heavy atom. The first-order valence-electron chi connectivity index (χ1n) is 6.31. The minimum Gasteiger partial charge on any atom is -0.0772 e. The molecule has 0 N–H and O–H groups in total. The summed E-state index contributed by atoms with van der Waals surface area (Å²) in [4.78, 5) is 0. The topological polar surface area (TPSA) is 0 Å². The van der Waals surface area contributed by atoms with Crippen LogP contribution in [0.3, 0.4) is 0 Å². The van der Waals surface area contributed by atoms with Crippen LogP contribution < -0.4 is 0 Å². The number of hydrogen-bond acceptors (Lipinski definition) is 0. The van der Waals surface area contributed by atoms with E-state index in [9.17, 15) is 0 Å². The average Bonchev–Trinajstić information content (AvgIpc) is 2.72. The van der Waals surface area contributed by atoms with Gasteiger partial charge in [0.15, 0.2) is 0 Å². The Bertz CT molecular complexity index is 383. The van der Waals surface area contributed by atoms with Gasteiger partial charge in [0.05, 0.1) is 0 Å². The molecule has 0 aromatic carbocycles. The molecule has 0 amide bonds. The van der Waals surface area contributed by atoms with Gasteiger partial charge in [-0.2, -0.15) is 0 Å². The van der Waals surface area contributed by atoms with Crippen LogP contribution in [0, 0.1) is 0 Å². The van der Waals surface area contributed by atoms with Gasteiger partial charge in [-0.3, -0.25) is 0 Å². The Balaban J connectivity index is 2.04. The molecule has 16 heavy (non-hydrogen) atoms. The van der Waals surface area contributed by atoms with Crippen LogP contribution in [0.4, 0.5) is 0 Å². The molecule has 0 heteroatoms. The molecule has 0 unspecified atom stereocenters. The average molecular weight is 214 g/mol. The summed E-state index contributed by atoms with van der Waals surface area (Å²) >= 11 is 0. The van der Waals surface area contributed by atoms with E-state index in [0.717, 1.165) is 0 Å². The van der Waals surface area contributed by atoms with E-state index in [1.165, 1.54) is 36.8 Å². The second kappa shape index (κ2) is 4.45. The van der Waals surface area contributed by atoms with Gasteiger partial charge in [-0.1, -0.05) is 34.4 Å². The van der Waals surface area contributed by atoms with E-state index in [1.54, 1.807) is 22.3 Å². The van der Waals surface area contributed by atoms with Gasteiger partial charge in [-0.15, -0.1) is 0 Å². The Labute approximate surface area is 99.4 Å². The third-order valence-electron chi connectivity index (χ3n) is 4.04. The maximum atomic E-state index is 2.36. The zero-order chi connectivity index (χ0) is 11.7. The maximum Gasteiger partial charge on any atom is -0.0130 e. The van der Waals surface area contributed by atoms with Gasteiger partial charge in [-0.25, -0.2) is 0 Å². The van der Waals surface area contributed by atoms with Gasteiger partial charge < -0.3 is 0 Å². The molecule has 2 rings (SSSR count). The fourth-order valence-electron chi connectivity index (χ4n) is 2.85. The van der Waals surface area contributed by atoms with Crippen LogP contribution in [0.25, 0.3) is 0 Å². The molecular weight excluding hydrogens is 192 g/mol. The predicted molar refractivity (Wildman–Crippen MR) is 71.4 cm³/mol. The molecule has 0 fully saturated rings. The van der Waals surface area contributed by atoms with Crippen molar-refractivity contribution in [2.24, 2.45) is 0 Å². The second-order valence-electron chi connectivity index (χ2n) is 5.20. The van der Waals surface area contributed by atoms with Crippen molar-refractivity contribution >= 4 is 0 Å². The van der Waals surface area contributed by atoms with Crippen LogP contribution in [0.15, 0.2) is 45.6 Å². The zero-order valence-electron chi connectivity index (χ0n) is 11.0. The minimum atomic E-state index is 1.17. The highest BCUT2D eigenvalue weighted by Gasteiger charge is 2.15. The first-order chi connectivity index (χ1) is 7.59. The predicted octanol–water partition coefficient (Wildman–Crippen LogP) is 5.10. The monoisotopic (exact) mass is 214 g/mol. The second-order valence-corrected chi connectivity index (χ2v) is 5.20. The third kappa shape index (κ3) is 2.07. The normalized spacial score (nSPS) is 20.8. The van der Waals surface area contributed by atoms with Crippen LogP contribution in [-0.2, 0) is 0 Å². The van der Waals surface area contributed by atoms with Crippen molar-refractivity contribution in [2.45, 2.75) is 53.4 Å². The summed E-state index contributed by atoms with van der Waals surface area (Å²) in [6, 6.07) is 0. The van der Waals surface area contributed by atoms with Crippen molar-refractivity contribution in [1.82, 2.24) is 0 Å². The van der Waals surface area contributed by atoms with E-state index >= 15 is 0 Å². The van der Waals surface area contributed by atoms with Crippen LogP contribution in [0.1, 0.15) is 53.4 Å². The first kappa shape index (κ1) is 11.4. The van der Waals surface area contributed by atoms with Crippen molar-refractivity contribution in [3.05, 3.63) is 45.6 Å². The smallest absolute Gasteiger partial charge is 0.0130 e. The van der Waals surface area contributed by atoms with Crippen molar-refractivity contribution in [2.75, 3.05) is 0 Å². The highest BCUT2D eigenvalue weighted by Crippen LogP contribution is 2.34. The minimum absolute atomic E-state index is 1.17. The zero-order valence-corrected chi connectivity index (χ0v) is 11.0. The quantitative estimate of drug-likeness (QED) is 0.613. The molecule has 0 bridgehead atoms. The van der Waals surface area contributed by atoms with Crippen molar-refractivity contribution in [3.8, 4) is 0 Å². The Morgan fingerprint density at radius 3 is 1.38 bits per heavy atom. The molecule has 0 aromatic rings. The molecule has 0 radical (unpaired) electrons. The van der Waals surface area contributed by atoms with E-state index in [-0.39, 0.29) is 0 Å². The highest BCUT2D eigenvalue weighted by molar-refractivity contribution is 5.44. The van der Waals surface area contributed by atoms with E-state index in [4.69, 9.17) is 0 Å². The summed E-state index contributed by atoms with van der Waals surface area (Å²) in [6.45, 7) is 9.07. The van der Waals surface area contributed by atoms with Crippen LogP contribution in [0.2, 0.25) is 0 Å². The van der Waals surface area contributed by atoms with Gasteiger partial charge in [0.1, 0.15) is 0 Å². The molecular formula is C16H22. The molecule has 0 saturated heterocycles. The fourth-order valence-corrected chi connectivity index (χ4v) is 2.85. The van der Waals surface area contributed by atoms with Gasteiger partial charge in [0.2, 0.25) is 0 Å². The standard InChI is InChI=1S/C16H22/c1-11-5-6-12(2)15(11)9-10-16-13(3)7-8-14(16)4/h5,7H,6,8-10H2,1-4H3. The SMILES string of the molecule is CC1=CCC(C)=C1CCC1=C(C)CC=C1C. The molecule has 0 aromatic heterocycles. The highest BCUT2D eigenvalue weighted by atomic mass is 14.2. The molecule has 0 heterocycles. The summed E-state index contributed by atoms with van der Waals surface area (Å²) in [6.07, 6.45) is 9.53. The number of hydrogen-bond donors (Lipinski definition) is 0. The van der Waals surface area contributed by atoms with E-state index in [0.29, 0.717) is 0 Å². The van der Waals surface area contributed by atoms with E-state index < -0.39 is 0 Å². The number of rotatable bonds is 3. The summed E-state index contributed by atoms with van der Waals surface area (Å²) < 4.78 is 0. The van der Waals surface area contributed by atoms with Crippen molar-refractivity contribution in [3.63, 3.8) is 0 Å². The van der Waals surface area contributed by atoms with Gasteiger partial charge in [0, 0.05) is 0 Å². The van der Waals surface area contributed by atoms with Crippen LogP contribution in [-0.4, -0.2) is 0 Å². The van der Waals surface area contributed by atoms with E-state index in [1.807, 2.05) is 0 Å². The molecule has 0 atom stereocenters. The molecule has 2 aliphatic carbocycles. The molecule has 86 valence electrons. The van der Waals surface area contributed by atoms with Crippen molar-refractivity contribution < 1.29 is 0 Å². The number of allylic oxidation sites excluding steroid dienone is 8. The molecule has 0 saturated carbocycles. The molecule has 0 spiro atoms. The van der Waals surface area contributed by atoms with Gasteiger partial charge in [0.25, 0.3) is 0 Å². The Morgan fingerprint density at radius 2 is 1.12 bits per heavy atom. The van der Waals surface area contributed by atoms with Crippen LogP contribution in [0.5, 0.6) is 0 Å². The first-order valence-corrected chi connectivity index (χ1v) is 6.31. The summed E-state index contributed by atoms with van der Waals surface area (Å²) in [5.74, 6) is 0. The molecule has 0 nitrogen and oxygen atoms in total. The van der Waals surface area contributed by atoms with Gasteiger partial charge in [-0.05, 0) is 64.5 Å². The lowest BCUT2D eigenvalue weighted by Crippen LogP contribution is -1.91. The Kier molecular flexibility index (Phi) is 3.18. The van der Waals surface area contributed by atoms with Gasteiger partial charge >= 0.3 is 0 Å². The summed E-state index contributed by atoms with van der Waals surface area (Å²) in [5, 5.41) is 0. The molecule has 2 aliphatic rings. The third-order valence-corrected chi connectivity index (χ3v) is 4.04. The maximum absolute atomic E-state index is 2.36. The summed E-state index contributed by atoms with van der Waals surface area (Å²) in [5.41, 5.74) is 9.40.